The fraction of sp³-hybridized carbons (Fsp3) is 0.738. The third-order valence-corrected chi connectivity index (χ3v) is 8.08. The highest BCUT2D eigenvalue weighted by atomic mass is 16.6. The van der Waals surface area contributed by atoms with Crippen LogP contribution in [0.15, 0.2) is 60.8 Å². The highest BCUT2D eigenvalue weighted by Crippen LogP contribution is 2.11. The number of rotatable bonds is 35. The average Bonchev–Trinajstić information content (AvgIpc) is 3.06. The molecule has 0 saturated heterocycles. The Bertz CT molecular complexity index is 764. The molecule has 0 aliphatic rings. The normalized spacial score (nSPS) is 13.0. The summed E-state index contributed by atoms with van der Waals surface area (Å²) in [6.45, 7) is 5.19. The minimum Gasteiger partial charge on any atom is -0.457 e. The Kier molecular flexibility index (Phi) is 37.6. The van der Waals surface area contributed by atoms with Gasteiger partial charge in [-0.1, -0.05) is 152 Å². The number of hydrogen-bond donors (Lipinski definition) is 1. The summed E-state index contributed by atoms with van der Waals surface area (Å²) in [4.78, 5) is 12.2. The first kappa shape index (κ1) is 44.1. The molecule has 0 radical (unpaired) electrons. The van der Waals surface area contributed by atoms with E-state index in [9.17, 15) is 9.90 Å². The van der Waals surface area contributed by atoms with Crippen molar-refractivity contribution in [3.05, 3.63) is 60.8 Å². The number of hydrogen-bond acceptors (Lipinski definition) is 4. The Morgan fingerprint density at radius 1 is 0.543 bits per heavy atom. The summed E-state index contributed by atoms with van der Waals surface area (Å²) in [5.74, 6) is -0.228. The molecular formula is C42H74O4. The molecule has 266 valence electrons. The van der Waals surface area contributed by atoms with Crippen LogP contribution in [0.1, 0.15) is 174 Å². The number of aliphatic hydroxyl groups is 1. The summed E-state index contributed by atoms with van der Waals surface area (Å²) >= 11 is 0. The number of ether oxygens (including phenoxy) is 2. The molecule has 1 atom stereocenters. The lowest BCUT2D eigenvalue weighted by Crippen LogP contribution is -2.27. The second-order valence-electron chi connectivity index (χ2n) is 12.6. The molecule has 4 heteroatoms. The van der Waals surface area contributed by atoms with Gasteiger partial charge in [-0.15, -0.1) is 0 Å². The Hall–Kier alpha value is -1.91. The van der Waals surface area contributed by atoms with Crippen LogP contribution in [-0.4, -0.2) is 37.0 Å². The van der Waals surface area contributed by atoms with Crippen molar-refractivity contribution in [2.24, 2.45) is 0 Å². The Labute approximate surface area is 285 Å². The van der Waals surface area contributed by atoms with Crippen LogP contribution < -0.4 is 0 Å². The molecule has 0 rings (SSSR count). The van der Waals surface area contributed by atoms with E-state index in [2.05, 4.69) is 74.6 Å². The predicted molar refractivity (Wildman–Crippen MR) is 200 cm³/mol. The van der Waals surface area contributed by atoms with Gasteiger partial charge >= 0.3 is 5.97 Å². The third kappa shape index (κ3) is 36.6. The lowest BCUT2D eigenvalue weighted by Gasteiger charge is -2.15. The second kappa shape index (κ2) is 39.3. The van der Waals surface area contributed by atoms with E-state index in [-0.39, 0.29) is 19.2 Å². The van der Waals surface area contributed by atoms with E-state index in [0.717, 1.165) is 64.2 Å². The maximum Gasteiger partial charge on any atom is 0.306 e. The number of carbonyl (C=O) groups is 1. The van der Waals surface area contributed by atoms with Gasteiger partial charge in [-0.25, -0.2) is 0 Å². The molecular weight excluding hydrogens is 568 g/mol. The van der Waals surface area contributed by atoms with E-state index in [1.54, 1.807) is 0 Å². The van der Waals surface area contributed by atoms with Crippen molar-refractivity contribution in [1.82, 2.24) is 0 Å². The zero-order valence-corrected chi connectivity index (χ0v) is 30.3. The van der Waals surface area contributed by atoms with Crippen LogP contribution in [0.2, 0.25) is 0 Å². The summed E-state index contributed by atoms with van der Waals surface area (Å²) in [5, 5.41) is 9.57. The molecule has 0 amide bonds. The van der Waals surface area contributed by atoms with Crippen molar-refractivity contribution in [3.8, 4) is 0 Å². The molecule has 0 fully saturated rings. The van der Waals surface area contributed by atoms with Crippen LogP contribution in [0, 0.1) is 0 Å². The fourth-order valence-corrected chi connectivity index (χ4v) is 5.19. The molecule has 0 bridgehead atoms. The molecule has 0 aromatic rings. The largest absolute Gasteiger partial charge is 0.457 e. The van der Waals surface area contributed by atoms with Crippen LogP contribution in [-0.2, 0) is 14.3 Å². The van der Waals surface area contributed by atoms with Crippen molar-refractivity contribution in [2.75, 3.05) is 19.8 Å². The number of esters is 1. The van der Waals surface area contributed by atoms with Gasteiger partial charge in [-0.2, -0.15) is 0 Å². The van der Waals surface area contributed by atoms with Gasteiger partial charge < -0.3 is 14.6 Å². The van der Waals surface area contributed by atoms with Gasteiger partial charge in [-0.05, 0) is 77.0 Å². The van der Waals surface area contributed by atoms with Crippen LogP contribution in [0.25, 0.3) is 0 Å². The lowest BCUT2D eigenvalue weighted by molar-refractivity contribution is -0.154. The summed E-state index contributed by atoms with van der Waals surface area (Å²) < 4.78 is 11.1. The summed E-state index contributed by atoms with van der Waals surface area (Å²) in [6.07, 6.45) is 51.2. The Morgan fingerprint density at radius 2 is 0.978 bits per heavy atom. The first-order valence-corrected chi connectivity index (χ1v) is 19.4. The second-order valence-corrected chi connectivity index (χ2v) is 12.6. The van der Waals surface area contributed by atoms with Gasteiger partial charge in [0.15, 0.2) is 0 Å². The highest BCUT2D eigenvalue weighted by molar-refractivity contribution is 5.69. The summed E-state index contributed by atoms with van der Waals surface area (Å²) in [6, 6.07) is 0. The van der Waals surface area contributed by atoms with E-state index in [4.69, 9.17) is 9.47 Å². The smallest absolute Gasteiger partial charge is 0.306 e. The number of aliphatic hydroxyl groups excluding tert-OH is 1. The van der Waals surface area contributed by atoms with Gasteiger partial charge in [0.1, 0.15) is 6.10 Å². The van der Waals surface area contributed by atoms with Gasteiger partial charge in [0.2, 0.25) is 0 Å². The quantitative estimate of drug-likeness (QED) is 0.0424. The summed E-state index contributed by atoms with van der Waals surface area (Å²) in [7, 11) is 0. The standard InChI is InChI=1S/C42H74O4/c1-3-5-7-9-11-13-15-17-19-21-23-25-27-29-31-33-35-37-42(44)46-41(39-43)40-45-38-36-34-32-30-28-26-24-22-20-18-16-14-12-10-8-6-4-2/h5,7,11,13,17,19-20,22-23,25,41,43H,3-4,6,8-10,12,14-16,18,21,24,26-40H2,1-2H3/b7-5-,13-11-,19-17-,22-20-,25-23-. The molecule has 0 aliphatic heterocycles. The minimum absolute atomic E-state index is 0.186. The zero-order chi connectivity index (χ0) is 33.4. The SMILES string of the molecule is CC/C=C\C/C=C\C/C=C\C/C=C\CCCCCCC(=O)OC(CO)COCCCCCCCC/C=C\CCCCCCCCC. The molecule has 0 spiro atoms. The first-order chi connectivity index (χ1) is 22.7. The zero-order valence-electron chi connectivity index (χ0n) is 30.3. The van der Waals surface area contributed by atoms with Gasteiger partial charge in [0, 0.05) is 13.0 Å². The highest BCUT2D eigenvalue weighted by Gasteiger charge is 2.13. The minimum atomic E-state index is -0.551. The van der Waals surface area contributed by atoms with E-state index in [1.165, 1.54) is 89.9 Å². The van der Waals surface area contributed by atoms with E-state index < -0.39 is 6.10 Å². The Balaban J connectivity index is 3.52. The maximum atomic E-state index is 12.2. The van der Waals surface area contributed by atoms with Crippen LogP contribution in [0.5, 0.6) is 0 Å². The summed E-state index contributed by atoms with van der Waals surface area (Å²) in [5.41, 5.74) is 0. The molecule has 0 aromatic carbocycles. The molecule has 4 nitrogen and oxygen atoms in total. The topological polar surface area (TPSA) is 55.8 Å². The molecule has 46 heavy (non-hydrogen) atoms. The van der Waals surface area contributed by atoms with Crippen molar-refractivity contribution in [1.29, 1.82) is 0 Å². The third-order valence-electron chi connectivity index (χ3n) is 8.08. The number of allylic oxidation sites excluding steroid dienone is 10. The molecule has 0 saturated carbocycles. The lowest BCUT2D eigenvalue weighted by atomic mass is 10.1. The molecule has 1 unspecified atom stereocenters. The van der Waals surface area contributed by atoms with E-state index in [0.29, 0.717) is 13.0 Å². The fourth-order valence-electron chi connectivity index (χ4n) is 5.19. The van der Waals surface area contributed by atoms with E-state index in [1.807, 2.05) is 0 Å². The predicted octanol–water partition coefficient (Wildman–Crippen LogP) is 12.5. The Morgan fingerprint density at radius 3 is 1.50 bits per heavy atom. The van der Waals surface area contributed by atoms with Crippen molar-refractivity contribution < 1.29 is 19.4 Å². The van der Waals surface area contributed by atoms with Crippen molar-refractivity contribution in [3.63, 3.8) is 0 Å². The van der Waals surface area contributed by atoms with Gasteiger partial charge in [-0.3, -0.25) is 4.79 Å². The first-order valence-electron chi connectivity index (χ1n) is 19.4. The van der Waals surface area contributed by atoms with Crippen LogP contribution >= 0.6 is 0 Å². The molecule has 0 aliphatic carbocycles. The average molecular weight is 643 g/mol. The van der Waals surface area contributed by atoms with Crippen LogP contribution in [0.4, 0.5) is 0 Å². The maximum absolute atomic E-state index is 12.2. The van der Waals surface area contributed by atoms with E-state index >= 15 is 0 Å². The van der Waals surface area contributed by atoms with Crippen molar-refractivity contribution in [2.45, 2.75) is 180 Å². The number of carbonyl (C=O) groups excluding carboxylic acids is 1. The van der Waals surface area contributed by atoms with Gasteiger partial charge in [0.25, 0.3) is 0 Å². The number of unbranched alkanes of at least 4 members (excludes halogenated alkanes) is 17. The van der Waals surface area contributed by atoms with Crippen LogP contribution in [0.3, 0.4) is 0 Å². The van der Waals surface area contributed by atoms with Crippen molar-refractivity contribution >= 4 is 5.97 Å². The molecule has 0 heterocycles. The molecule has 1 N–H and O–H groups in total. The van der Waals surface area contributed by atoms with Gasteiger partial charge in [0.05, 0.1) is 13.2 Å². The molecule has 0 aromatic heterocycles. The monoisotopic (exact) mass is 643 g/mol.